The zero-order valence-corrected chi connectivity index (χ0v) is 9.44. The van der Waals surface area contributed by atoms with Crippen molar-refractivity contribution in [3.8, 4) is 5.88 Å². The Morgan fingerprint density at radius 3 is 2.94 bits per heavy atom. The number of hydrogen-bond acceptors (Lipinski definition) is 5. The normalized spacial score (nSPS) is 12.5. The lowest BCUT2D eigenvalue weighted by atomic mass is 10.4. The van der Waals surface area contributed by atoms with Crippen LogP contribution in [0, 0.1) is 0 Å². The van der Waals surface area contributed by atoms with E-state index in [1.54, 1.807) is 6.07 Å². The first-order chi connectivity index (χ1) is 8.13. The molecule has 17 heavy (non-hydrogen) atoms. The Bertz CT molecular complexity index is 339. The number of hydrogen-bond donors (Lipinski definition) is 2. The number of alkyl halides is 2. The molecule has 0 aliphatic rings. The van der Waals surface area contributed by atoms with Crippen LogP contribution in [0.1, 0.15) is 13.3 Å². The summed E-state index contributed by atoms with van der Waals surface area (Å²) in [6.07, 6.45) is -2.23. The zero-order valence-electron chi connectivity index (χ0n) is 9.44. The second-order valence-electron chi connectivity index (χ2n) is 3.35. The summed E-state index contributed by atoms with van der Waals surface area (Å²) in [6, 6.07) is 1.57. The van der Waals surface area contributed by atoms with Gasteiger partial charge >= 0.3 is 0 Å². The van der Waals surface area contributed by atoms with Crippen molar-refractivity contribution in [2.75, 3.05) is 18.5 Å². The summed E-state index contributed by atoms with van der Waals surface area (Å²) in [7, 11) is 0. The van der Waals surface area contributed by atoms with Crippen molar-refractivity contribution in [3.63, 3.8) is 0 Å². The maximum Gasteiger partial charge on any atom is 0.265 e. The molecule has 1 rings (SSSR count). The van der Waals surface area contributed by atoms with Crippen molar-refractivity contribution in [2.45, 2.75) is 25.9 Å². The second kappa shape index (κ2) is 6.95. The molecule has 0 saturated heterocycles. The first kappa shape index (κ1) is 13.6. The number of aromatic nitrogens is 2. The Morgan fingerprint density at radius 2 is 2.29 bits per heavy atom. The van der Waals surface area contributed by atoms with Crippen molar-refractivity contribution < 1.29 is 18.6 Å². The van der Waals surface area contributed by atoms with E-state index in [1.807, 2.05) is 6.92 Å². The van der Waals surface area contributed by atoms with Gasteiger partial charge in [-0.25, -0.2) is 13.8 Å². The molecule has 1 aromatic rings. The van der Waals surface area contributed by atoms with Gasteiger partial charge in [0, 0.05) is 18.8 Å². The van der Waals surface area contributed by atoms with Gasteiger partial charge in [-0.2, -0.15) is 4.98 Å². The molecule has 0 radical (unpaired) electrons. The van der Waals surface area contributed by atoms with Gasteiger partial charge in [0.05, 0.1) is 6.61 Å². The van der Waals surface area contributed by atoms with Crippen LogP contribution in [0.4, 0.5) is 14.7 Å². The Labute approximate surface area is 97.8 Å². The summed E-state index contributed by atoms with van der Waals surface area (Å²) in [5.41, 5.74) is 0. The maximum atomic E-state index is 12.0. The van der Waals surface area contributed by atoms with Gasteiger partial charge in [0.2, 0.25) is 11.8 Å². The van der Waals surface area contributed by atoms with Gasteiger partial charge in [0.25, 0.3) is 6.43 Å². The molecule has 2 N–H and O–H groups in total. The second-order valence-corrected chi connectivity index (χ2v) is 3.35. The van der Waals surface area contributed by atoms with Crippen LogP contribution in [-0.2, 0) is 0 Å². The molecule has 0 amide bonds. The topological polar surface area (TPSA) is 67.3 Å². The highest BCUT2D eigenvalue weighted by molar-refractivity contribution is 5.27. The summed E-state index contributed by atoms with van der Waals surface area (Å²) in [5.74, 6) is 0.522. The van der Waals surface area contributed by atoms with E-state index >= 15 is 0 Å². The lowest BCUT2D eigenvalue weighted by molar-refractivity contribution is 0.00376. The van der Waals surface area contributed by atoms with Crippen LogP contribution in [0.5, 0.6) is 5.88 Å². The number of nitrogens with zero attached hydrogens (tertiary/aromatic N) is 2. The Hall–Kier alpha value is -1.50. The Kier molecular flexibility index (Phi) is 5.55. The van der Waals surface area contributed by atoms with E-state index in [1.165, 1.54) is 6.20 Å². The maximum absolute atomic E-state index is 12.0. The summed E-state index contributed by atoms with van der Waals surface area (Å²) in [6.45, 7) is 2.17. The van der Waals surface area contributed by atoms with Gasteiger partial charge < -0.3 is 15.2 Å². The van der Waals surface area contributed by atoms with Gasteiger partial charge in [0.15, 0.2) is 0 Å². The van der Waals surface area contributed by atoms with Crippen LogP contribution in [0.3, 0.4) is 0 Å². The minimum Gasteiger partial charge on any atom is -0.478 e. The fourth-order valence-electron chi connectivity index (χ4n) is 0.999. The summed E-state index contributed by atoms with van der Waals surface area (Å²) in [4.78, 5) is 7.76. The molecule has 5 nitrogen and oxygen atoms in total. The van der Waals surface area contributed by atoms with E-state index in [2.05, 4.69) is 15.3 Å². The lowest BCUT2D eigenvalue weighted by Gasteiger charge is -2.11. The number of anilines is 1. The monoisotopic (exact) mass is 247 g/mol. The van der Waals surface area contributed by atoms with Gasteiger partial charge in [-0.05, 0) is 6.42 Å². The van der Waals surface area contributed by atoms with Crippen LogP contribution in [0.15, 0.2) is 12.3 Å². The third-order valence-electron chi connectivity index (χ3n) is 1.84. The molecule has 0 aliphatic carbocycles. The molecule has 1 atom stereocenters. The molecule has 96 valence electrons. The predicted molar refractivity (Wildman–Crippen MR) is 58.3 cm³/mol. The average molecular weight is 247 g/mol. The summed E-state index contributed by atoms with van der Waals surface area (Å²) < 4.78 is 29.3. The molecule has 0 aliphatic heterocycles. The van der Waals surface area contributed by atoms with E-state index in [4.69, 9.17) is 9.84 Å². The van der Waals surface area contributed by atoms with Crippen LogP contribution < -0.4 is 10.1 Å². The van der Waals surface area contributed by atoms with Crippen LogP contribution in [0.2, 0.25) is 0 Å². The molecule has 1 unspecified atom stereocenters. The molecule has 0 aromatic carbocycles. The highest BCUT2D eigenvalue weighted by Gasteiger charge is 2.16. The number of aliphatic hydroxyl groups is 1. The molecule has 0 saturated carbocycles. The van der Waals surface area contributed by atoms with Crippen molar-refractivity contribution >= 4 is 5.95 Å². The van der Waals surface area contributed by atoms with Gasteiger partial charge in [0.1, 0.15) is 6.10 Å². The standard InChI is InChI=1S/C10H15F2N3O2/c1-2-5-17-8-3-4-13-10(15-8)14-6-7(16)9(11)12/h3-4,7,9,16H,2,5-6H2,1H3,(H,13,14,15). The largest absolute Gasteiger partial charge is 0.478 e. The molecule has 0 spiro atoms. The Balaban J connectivity index is 2.48. The quantitative estimate of drug-likeness (QED) is 0.760. The smallest absolute Gasteiger partial charge is 0.265 e. The van der Waals surface area contributed by atoms with E-state index in [0.717, 1.165) is 6.42 Å². The van der Waals surface area contributed by atoms with Gasteiger partial charge in [-0.3, -0.25) is 0 Å². The van der Waals surface area contributed by atoms with Crippen molar-refractivity contribution in [2.24, 2.45) is 0 Å². The number of nitrogens with one attached hydrogen (secondary N) is 1. The molecule has 0 fully saturated rings. The fourth-order valence-corrected chi connectivity index (χ4v) is 0.999. The van der Waals surface area contributed by atoms with E-state index in [0.29, 0.717) is 12.5 Å². The van der Waals surface area contributed by atoms with E-state index < -0.39 is 12.5 Å². The number of aliphatic hydroxyl groups excluding tert-OH is 1. The first-order valence-electron chi connectivity index (χ1n) is 5.29. The number of halogens is 2. The Morgan fingerprint density at radius 1 is 1.53 bits per heavy atom. The molecule has 1 heterocycles. The minimum absolute atomic E-state index is 0.151. The van der Waals surface area contributed by atoms with Crippen LogP contribution in [0.25, 0.3) is 0 Å². The molecular formula is C10H15F2N3O2. The highest BCUT2D eigenvalue weighted by atomic mass is 19.3. The molecule has 7 heteroatoms. The van der Waals surface area contributed by atoms with Gasteiger partial charge in [-0.1, -0.05) is 6.92 Å². The minimum atomic E-state index is -2.79. The predicted octanol–water partition coefficient (Wildman–Crippen LogP) is 1.30. The molecule has 0 bridgehead atoms. The zero-order chi connectivity index (χ0) is 12.7. The SMILES string of the molecule is CCCOc1ccnc(NCC(O)C(F)F)n1. The molecular weight excluding hydrogens is 232 g/mol. The number of ether oxygens (including phenoxy) is 1. The van der Waals surface area contributed by atoms with Crippen molar-refractivity contribution in [1.29, 1.82) is 0 Å². The highest BCUT2D eigenvalue weighted by Crippen LogP contribution is 2.09. The first-order valence-corrected chi connectivity index (χ1v) is 5.29. The summed E-state index contributed by atoms with van der Waals surface area (Å²) >= 11 is 0. The van der Waals surface area contributed by atoms with Crippen molar-refractivity contribution in [1.82, 2.24) is 9.97 Å². The van der Waals surface area contributed by atoms with Crippen molar-refractivity contribution in [3.05, 3.63) is 12.3 Å². The van der Waals surface area contributed by atoms with Gasteiger partial charge in [-0.15, -0.1) is 0 Å². The average Bonchev–Trinajstić information content (AvgIpc) is 2.33. The fraction of sp³-hybridized carbons (Fsp3) is 0.600. The van der Waals surface area contributed by atoms with E-state index in [9.17, 15) is 8.78 Å². The molecule has 1 aromatic heterocycles. The van der Waals surface area contributed by atoms with Crippen LogP contribution in [-0.4, -0.2) is 40.8 Å². The third kappa shape index (κ3) is 4.90. The number of rotatable bonds is 7. The van der Waals surface area contributed by atoms with Crippen LogP contribution >= 0.6 is 0 Å². The third-order valence-corrected chi connectivity index (χ3v) is 1.84. The lowest BCUT2D eigenvalue weighted by Crippen LogP contribution is -2.27. The summed E-state index contributed by atoms with van der Waals surface area (Å²) in [5, 5.41) is 11.4. The van der Waals surface area contributed by atoms with E-state index in [-0.39, 0.29) is 12.5 Å².